The zero-order valence-electron chi connectivity index (χ0n) is 47.5. The molecule has 1 atom stereocenters. The highest BCUT2D eigenvalue weighted by Gasteiger charge is 2.52. The Kier molecular flexibility index (Phi) is 10.4. The van der Waals surface area contributed by atoms with Crippen molar-refractivity contribution in [2.24, 2.45) is 0 Å². The Bertz CT molecular complexity index is 6140. The average molecular weight is 1280 g/mol. The van der Waals surface area contributed by atoms with E-state index in [1.807, 2.05) is 23.5 Å². The molecule has 1 spiro atoms. The number of hydrogen-bond acceptors (Lipinski definition) is 2. The SMILES string of the molecule is Brc1cccc2oc3ccc(-c4ccc5c(c4)c4ccc6ccccc6c4n5-c4ccc(-c5ccc6c(c5)-c5ccccc5C65c6ccccc6-c6c5ccc5c7cc(-c8ccc9sc%10cccc(Br)c%10c9c8)ccc7n(-c7ccccc7)c65)cc4)cc3c12. The minimum atomic E-state index is -0.540. The standard InChI is InChI=1S/C83H46Br2N2OS/c84-70-20-10-22-75-79(70)64-45-52(30-40-74(64)88-75)50-28-38-72-62(43-50)58-34-26-48-12-4-5-15-56(48)81(58)86(72)55-32-24-47(25-33-55)49-27-36-68-61(42-49)57-16-6-8-18-66(57)83(68)67-19-9-7-17-60(67)78-69(83)37-35-59-63-44-51(29-39-73(63)87(82(59)78)54-13-2-1-3-14-54)53-31-41-76-65(46-53)80-71(85)21-11-23-77(80)89-76/h1-46H. The molecule has 0 saturated carbocycles. The van der Waals surface area contributed by atoms with Crippen LogP contribution in [0.2, 0.25) is 0 Å². The molecule has 89 heavy (non-hydrogen) atoms. The van der Waals surface area contributed by atoms with Crippen molar-refractivity contribution in [2.45, 2.75) is 5.41 Å². The molecule has 0 saturated heterocycles. The molecule has 0 amide bonds. The summed E-state index contributed by atoms with van der Waals surface area (Å²) in [6, 6.07) is 105. The fourth-order valence-electron chi connectivity index (χ4n) is 15.9. The summed E-state index contributed by atoms with van der Waals surface area (Å²) in [6.07, 6.45) is 0. The maximum Gasteiger partial charge on any atom is 0.136 e. The van der Waals surface area contributed by atoms with E-state index < -0.39 is 5.41 Å². The first kappa shape index (κ1) is 50.0. The maximum absolute atomic E-state index is 6.28. The van der Waals surface area contributed by atoms with Gasteiger partial charge in [-0.3, -0.25) is 0 Å². The number of nitrogens with zero attached hydrogens (tertiary/aromatic N) is 2. The van der Waals surface area contributed by atoms with Crippen molar-refractivity contribution < 1.29 is 4.42 Å². The lowest BCUT2D eigenvalue weighted by Gasteiger charge is -2.30. The van der Waals surface area contributed by atoms with Crippen molar-refractivity contribution in [1.82, 2.24) is 9.13 Å². The van der Waals surface area contributed by atoms with E-state index >= 15 is 0 Å². The second-order valence-corrected chi connectivity index (χ2v) is 26.8. The predicted molar refractivity (Wildman–Crippen MR) is 381 cm³/mol. The van der Waals surface area contributed by atoms with E-state index in [1.165, 1.54) is 141 Å². The monoisotopic (exact) mass is 1280 g/mol. The summed E-state index contributed by atoms with van der Waals surface area (Å²) in [6.45, 7) is 0. The van der Waals surface area contributed by atoms with Gasteiger partial charge in [0.15, 0.2) is 0 Å². The van der Waals surface area contributed by atoms with E-state index in [0.29, 0.717) is 0 Å². The smallest absolute Gasteiger partial charge is 0.136 e. The molecular formula is C83H46Br2N2OS. The highest BCUT2D eigenvalue weighted by molar-refractivity contribution is 9.11. The minimum absolute atomic E-state index is 0.540. The van der Waals surface area contributed by atoms with Gasteiger partial charge in [-0.1, -0.05) is 208 Å². The van der Waals surface area contributed by atoms with Crippen LogP contribution in [0.1, 0.15) is 22.3 Å². The Hall–Kier alpha value is -10.1. The number of hydrogen-bond donors (Lipinski definition) is 0. The molecule has 6 heteroatoms. The zero-order chi connectivity index (χ0) is 58.4. The largest absolute Gasteiger partial charge is 0.456 e. The van der Waals surface area contributed by atoms with Crippen LogP contribution in [0.5, 0.6) is 0 Å². The van der Waals surface area contributed by atoms with Gasteiger partial charge in [0.2, 0.25) is 0 Å². The van der Waals surface area contributed by atoms with Crippen molar-refractivity contribution in [2.75, 3.05) is 0 Å². The zero-order valence-corrected chi connectivity index (χ0v) is 51.5. The van der Waals surface area contributed by atoms with Crippen molar-refractivity contribution in [1.29, 1.82) is 0 Å². The molecule has 414 valence electrons. The molecule has 2 aliphatic carbocycles. The van der Waals surface area contributed by atoms with Crippen LogP contribution in [-0.4, -0.2) is 9.13 Å². The van der Waals surface area contributed by atoms with Gasteiger partial charge < -0.3 is 13.6 Å². The van der Waals surface area contributed by atoms with Crippen molar-refractivity contribution >= 4 is 140 Å². The topological polar surface area (TPSA) is 23.0 Å². The molecule has 2 aliphatic rings. The first-order valence-corrected chi connectivity index (χ1v) is 32.7. The van der Waals surface area contributed by atoms with Crippen molar-refractivity contribution in [3.8, 4) is 67.0 Å². The van der Waals surface area contributed by atoms with Gasteiger partial charge in [0.25, 0.3) is 0 Å². The molecule has 3 nitrogen and oxygen atoms in total. The molecule has 0 aliphatic heterocycles. The summed E-state index contributed by atoms with van der Waals surface area (Å²) < 4.78 is 16.1. The van der Waals surface area contributed by atoms with Crippen LogP contribution in [0.25, 0.3) is 164 Å². The first-order chi connectivity index (χ1) is 43.9. The van der Waals surface area contributed by atoms with E-state index in [0.717, 1.165) is 53.4 Å². The van der Waals surface area contributed by atoms with Gasteiger partial charge in [-0.25, -0.2) is 0 Å². The second kappa shape index (κ2) is 18.5. The Balaban J connectivity index is 0.731. The number of fused-ring (bicyclic) bond motifs is 25. The Morgan fingerprint density at radius 1 is 0.315 bits per heavy atom. The van der Waals surface area contributed by atoms with Crippen molar-refractivity contribution in [3.05, 3.63) is 310 Å². The summed E-state index contributed by atoms with van der Waals surface area (Å²) in [5.41, 5.74) is 25.8. The number of rotatable bonds is 5. The molecule has 0 fully saturated rings. The van der Waals surface area contributed by atoms with E-state index in [2.05, 4.69) is 308 Å². The Labute approximate surface area is 531 Å². The first-order valence-electron chi connectivity index (χ1n) is 30.2. The van der Waals surface area contributed by atoms with Gasteiger partial charge in [0.1, 0.15) is 11.2 Å². The van der Waals surface area contributed by atoms with E-state index in [4.69, 9.17) is 4.42 Å². The second-order valence-electron chi connectivity index (χ2n) is 24.0. The molecular weight excluding hydrogens is 1230 g/mol. The third kappa shape index (κ3) is 6.86. The lowest BCUT2D eigenvalue weighted by molar-refractivity contribution is 0.669. The van der Waals surface area contributed by atoms with Gasteiger partial charge in [0, 0.05) is 83.8 Å². The van der Waals surface area contributed by atoms with Gasteiger partial charge >= 0.3 is 0 Å². The molecule has 0 N–H and O–H groups in total. The predicted octanol–water partition coefficient (Wildman–Crippen LogP) is 24.2. The molecule has 14 aromatic carbocycles. The third-order valence-corrected chi connectivity index (χ3v) is 22.1. The summed E-state index contributed by atoms with van der Waals surface area (Å²) in [5, 5.41) is 12.1. The van der Waals surface area contributed by atoms with Crippen LogP contribution >= 0.6 is 43.2 Å². The van der Waals surface area contributed by atoms with Gasteiger partial charge in [-0.15, -0.1) is 11.3 Å². The lowest BCUT2D eigenvalue weighted by atomic mass is 9.70. The number of benzene rings is 14. The fraction of sp³-hybridized carbons (Fsp3) is 0.0120. The molecule has 4 heterocycles. The third-order valence-electron chi connectivity index (χ3n) is 19.7. The van der Waals surface area contributed by atoms with Crippen LogP contribution < -0.4 is 0 Å². The Morgan fingerprint density at radius 3 is 1.67 bits per heavy atom. The van der Waals surface area contributed by atoms with Gasteiger partial charge in [-0.05, 0) is 181 Å². The van der Waals surface area contributed by atoms with Crippen LogP contribution in [0.4, 0.5) is 0 Å². The highest BCUT2D eigenvalue weighted by Crippen LogP contribution is 2.65. The molecule has 1 unspecified atom stereocenters. The summed E-state index contributed by atoms with van der Waals surface area (Å²) in [4.78, 5) is 0. The average Bonchev–Trinajstić information content (AvgIpc) is 1.50. The van der Waals surface area contributed by atoms with Crippen molar-refractivity contribution in [3.63, 3.8) is 0 Å². The summed E-state index contributed by atoms with van der Waals surface area (Å²) in [5.74, 6) is 0. The summed E-state index contributed by atoms with van der Waals surface area (Å²) in [7, 11) is 0. The van der Waals surface area contributed by atoms with Crippen LogP contribution in [0, 0.1) is 0 Å². The van der Waals surface area contributed by atoms with E-state index in [-0.39, 0.29) is 0 Å². The van der Waals surface area contributed by atoms with Gasteiger partial charge in [0.05, 0.1) is 27.5 Å². The number of para-hydroxylation sites is 1. The number of thiophene rings is 1. The quantitative estimate of drug-likeness (QED) is 0.168. The van der Waals surface area contributed by atoms with Gasteiger partial charge in [-0.2, -0.15) is 0 Å². The number of aromatic nitrogens is 2. The normalized spacial score (nSPS) is 14.2. The van der Waals surface area contributed by atoms with Crippen LogP contribution in [0.3, 0.4) is 0 Å². The molecule has 0 radical (unpaired) electrons. The number of halogens is 2. The molecule has 4 aromatic heterocycles. The van der Waals surface area contributed by atoms with E-state index in [9.17, 15) is 0 Å². The van der Waals surface area contributed by atoms with Crippen LogP contribution in [-0.2, 0) is 5.41 Å². The highest BCUT2D eigenvalue weighted by atomic mass is 79.9. The lowest BCUT2D eigenvalue weighted by Crippen LogP contribution is -2.25. The maximum atomic E-state index is 6.28. The summed E-state index contributed by atoms with van der Waals surface area (Å²) >= 11 is 9.55. The molecule has 18 aromatic rings. The molecule has 20 rings (SSSR count). The Morgan fingerprint density at radius 2 is 0.876 bits per heavy atom. The minimum Gasteiger partial charge on any atom is -0.456 e. The number of furan rings is 1. The molecule has 0 bridgehead atoms. The fourth-order valence-corrected chi connectivity index (χ4v) is 18.3. The van der Waals surface area contributed by atoms with E-state index in [1.54, 1.807) is 0 Å². The van der Waals surface area contributed by atoms with Crippen LogP contribution in [0.15, 0.2) is 292 Å².